The Morgan fingerprint density at radius 1 is 1.17 bits per heavy atom. The van der Waals surface area contributed by atoms with Gasteiger partial charge < -0.3 is 4.90 Å². The van der Waals surface area contributed by atoms with Crippen molar-refractivity contribution in [1.29, 1.82) is 0 Å². The molecule has 0 aliphatic carbocycles. The summed E-state index contributed by atoms with van der Waals surface area (Å²) in [5.74, 6) is 0. The Bertz CT molecular complexity index is 452. The summed E-state index contributed by atoms with van der Waals surface area (Å²) in [5, 5.41) is 10.7. The maximum atomic E-state index is 11.1. The van der Waals surface area contributed by atoms with Gasteiger partial charge in [0.25, 0.3) is 5.69 Å². The van der Waals surface area contributed by atoms with E-state index < -0.39 is 4.92 Å². The van der Waals surface area contributed by atoms with E-state index in [2.05, 4.69) is 4.90 Å². The summed E-state index contributed by atoms with van der Waals surface area (Å²) in [7, 11) is 0. The molecule has 0 radical (unpaired) electrons. The molecule has 1 aromatic carbocycles. The maximum absolute atomic E-state index is 11.1. The van der Waals surface area contributed by atoms with Gasteiger partial charge in [-0.1, -0.05) is 12.8 Å². The van der Waals surface area contributed by atoms with Gasteiger partial charge in [0.05, 0.1) is 4.92 Å². The highest BCUT2D eigenvalue weighted by molar-refractivity contribution is 5.86. The number of non-ortho nitro benzene ring substituents is 1. The van der Waals surface area contributed by atoms with Crippen molar-refractivity contribution < 1.29 is 9.72 Å². The number of hydrogen-bond donors (Lipinski definition) is 0. The van der Waals surface area contributed by atoms with Gasteiger partial charge in [-0.3, -0.25) is 14.9 Å². The van der Waals surface area contributed by atoms with Crippen LogP contribution in [0, 0.1) is 10.1 Å². The average molecular weight is 248 g/mol. The van der Waals surface area contributed by atoms with Crippen molar-refractivity contribution in [3.8, 4) is 0 Å². The van der Waals surface area contributed by atoms with Gasteiger partial charge in [0.1, 0.15) is 0 Å². The fraction of sp³-hybridized carbons (Fsp3) is 0.462. The van der Waals surface area contributed by atoms with Gasteiger partial charge in [-0.05, 0) is 18.9 Å². The first-order valence-corrected chi connectivity index (χ1v) is 6.21. The first-order chi connectivity index (χ1) is 8.72. The van der Waals surface area contributed by atoms with Crippen LogP contribution < -0.4 is 4.90 Å². The van der Waals surface area contributed by atoms with Crippen LogP contribution in [-0.2, 0) is 0 Å². The first-order valence-electron chi connectivity index (χ1n) is 6.21. The lowest BCUT2D eigenvalue weighted by atomic mass is 10.1. The van der Waals surface area contributed by atoms with Crippen LogP contribution in [0.1, 0.15) is 36.0 Å². The minimum Gasteiger partial charge on any atom is -0.371 e. The lowest BCUT2D eigenvalue weighted by Gasteiger charge is -2.23. The Kier molecular flexibility index (Phi) is 3.92. The van der Waals surface area contributed by atoms with Crippen LogP contribution in [0.25, 0.3) is 0 Å². The van der Waals surface area contributed by atoms with Crippen LogP contribution in [0.15, 0.2) is 18.2 Å². The molecule has 1 fully saturated rings. The fourth-order valence-corrected chi connectivity index (χ4v) is 2.35. The molecule has 0 N–H and O–H groups in total. The Morgan fingerprint density at radius 2 is 1.83 bits per heavy atom. The van der Waals surface area contributed by atoms with E-state index in [0.717, 1.165) is 31.6 Å². The largest absolute Gasteiger partial charge is 0.371 e. The number of aldehydes is 1. The first kappa shape index (κ1) is 12.5. The average Bonchev–Trinajstić information content (AvgIpc) is 2.66. The second-order valence-electron chi connectivity index (χ2n) is 4.52. The number of benzene rings is 1. The number of carbonyl (C=O) groups excluding carboxylic acids is 1. The van der Waals surface area contributed by atoms with Gasteiger partial charge in [0.15, 0.2) is 6.29 Å². The maximum Gasteiger partial charge on any atom is 0.270 e. The third kappa shape index (κ3) is 2.67. The predicted octanol–water partition coefficient (Wildman–Crippen LogP) is 2.79. The van der Waals surface area contributed by atoms with E-state index in [9.17, 15) is 14.9 Å². The van der Waals surface area contributed by atoms with Crippen molar-refractivity contribution in [2.24, 2.45) is 0 Å². The van der Waals surface area contributed by atoms with E-state index in [0.29, 0.717) is 11.8 Å². The lowest BCUT2D eigenvalue weighted by Crippen LogP contribution is -2.25. The SMILES string of the molecule is O=Cc1cc([N+](=O)[O-])ccc1N1CCCCCC1. The molecule has 0 aromatic heterocycles. The molecule has 18 heavy (non-hydrogen) atoms. The molecule has 5 nitrogen and oxygen atoms in total. The van der Waals surface area contributed by atoms with Crippen molar-refractivity contribution in [2.75, 3.05) is 18.0 Å². The topological polar surface area (TPSA) is 63.4 Å². The zero-order chi connectivity index (χ0) is 13.0. The number of hydrogen-bond acceptors (Lipinski definition) is 4. The van der Waals surface area contributed by atoms with Crippen LogP contribution in [-0.4, -0.2) is 24.3 Å². The Morgan fingerprint density at radius 3 is 2.39 bits per heavy atom. The molecule has 1 heterocycles. The molecular weight excluding hydrogens is 232 g/mol. The number of carbonyl (C=O) groups is 1. The standard InChI is InChI=1S/C13H16N2O3/c16-10-11-9-12(15(17)18)5-6-13(11)14-7-3-1-2-4-8-14/h5-6,9-10H,1-4,7-8H2. The fourth-order valence-electron chi connectivity index (χ4n) is 2.35. The molecule has 0 unspecified atom stereocenters. The van der Waals surface area contributed by atoms with E-state index in [4.69, 9.17) is 0 Å². The second kappa shape index (κ2) is 5.62. The molecule has 0 amide bonds. The molecule has 0 bridgehead atoms. The molecule has 2 rings (SSSR count). The van der Waals surface area contributed by atoms with Crippen molar-refractivity contribution in [2.45, 2.75) is 25.7 Å². The number of nitro groups is 1. The summed E-state index contributed by atoms with van der Waals surface area (Å²) in [6.45, 7) is 1.83. The monoisotopic (exact) mass is 248 g/mol. The van der Waals surface area contributed by atoms with Crippen molar-refractivity contribution in [1.82, 2.24) is 0 Å². The molecule has 0 atom stereocenters. The third-order valence-electron chi connectivity index (χ3n) is 3.30. The van der Waals surface area contributed by atoms with Gasteiger partial charge in [-0.15, -0.1) is 0 Å². The summed E-state index contributed by atoms with van der Waals surface area (Å²) in [6.07, 6.45) is 5.33. The van der Waals surface area contributed by atoms with E-state index >= 15 is 0 Å². The molecule has 0 saturated carbocycles. The van der Waals surface area contributed by atoms with E-state index in [1.807, 2.05) is 0 Å². The minimum absolute atomic E-state index is 0.0318. The number of rotatable bonds is 3. The Labute approximate surface area is 106 Å². The highest BCUT2D eigenvalue weighted by atomic mass is 16.6. The normalized spacial score (nSPS) is 16.1. The summed E-state index contributed by atoms with van der Waals surface area (Å²) >= 11 is 0. The zero-order valence-electron chi connectivity index (χ0n) is 10.2. The molecule has 5 heteroatoms. The minimum atomic E-state index is -0.473. The van der Waals surface area contributed by atoms with Crippen molar-refractivity contribution in [3.05, 3.63) is 33.9 Å². The summed E-state index contributed by atoms with van der Waals surface area (Å²) in [4.78, 5) is 23.4. The van der Waals surface area contributed by atoms with Gasteiger partial charge in [-0.2, -0.15) is 0 Å². The third-order valence-corrected chi connectivity index (χ3v) is 3.30. The number of nitro benzene ring substituents is 1. The van der Waals surface area contributed by atoms with Gasteiger partial charge in [0.2, 0.25) is 0 Å². The Hall–Kier alpha value is -1.91. The Balaban J connectivity index is 2.31. The molecule has 96 valence electrons. The van der Waals surface area contributed by atoms with Gasteiger partial charge in [-0.25, -0.2) is 0 Å². The summed E-state index contributed by atoms with van der Waals surface area (Å²) < 4.78 is 0. The van der Waals surface area contributed by atoms with Crippen LogP contribution in [0.4, 0.5) is 11.4 Å². The molecule has 1 aliphatic rings. The van der Waals surface area contributed by atoms with Crippen molar-refractivity contribution in [3.63, 3.8) is 0 Å². The quantitative estimate of drug-likeness (QED) is 0.468. The molecule has 1 saturated heterocycles. The van der Waals surface area contributed by atoms with Crippen LogP contribution in [0.2, 0.25) is 0 Å². The predicted molar refractivity (Wildman–Crippen MR) is 69.2 cm³/mol. The molecule has 0 spiro atoms. The van der Waals surface area contributed by atoms with Crippen molar-refractivity contribution >= 4 is 17.7 Å². The highest BCUT2D eigenvalue weighted by Crippen LogP contribution is 2.26. The summed E-state index contributed by atoms with van der Waals surface area (Å²) in [6, 6.07) is 4.51. The van der Waals surface area contributed by atoms with Crippen LogP contribution >= 0.6 is 0 Å². The number of nitrogens with zero attached hydrogens (tertiary/aromatic N) is 2. The van der Waals surface area contributed by atoms with Crippen LogP contribution in [0.3, 0.4) is 0 Å². The van der Waals surface area contributed by atoms with Gasteiger partial charge in [0, 0.05) is 36.5 Å². The van der Waals surface area contributed by atoms with E-state index in [1.54, 1.807) is 6.07 Å². The second-order valence-corrected chi connectivity index (χ2v) is 4.52. The summed E-state index contributed by atoms with van der Waals surface area (Å²) in [5.41, 5.74) is 1.19. The lowest BCUT2D eigenvalue weighted by molar-refractivity contribution is -0.384. The smallest absolute Gasteiger partial charge is 0.270 e. The number of anilines is 1. The highest BCUT2D eigenvalue weighted by Gasteiger charge is 2.16. The van der Waals surface area contributed by atoms with E-state index in [-0.39, 0.29) is 5.69 Å². The van der Waals surface area contributed by atoms with E-state index in [1.165, 1.54) is 25.0 Å². The molecule has 1 aliphatic heterocycles. The molecule has 1 aromatic rings. The van der Waals surface area contributed by atoms with Gasteiger partial charge >= 0.3 is 0 Å². The molecular formula is C13H16N2O3. The van der Waals surface area contributed by atoms with Crippen LogP contribution in [0.5, 0.6) is 0 Å². The zero-order valence-corrected chi connectivity index (χ0v) is 10.2.